The fourth-order valence-electron chi connectivity index (χ4n) is 2.77. The van der Waals surface area contributed by atoms with Gasteiger partial charge in [-0.15, -0.1) is 11.3 Å². The summed E-state index contributed by atoms with van der Waals surface area (Å²) in [5, 5.41) is 15.9. The van der Waals surface area contributed by atoms with Crippen molar-refractivity contribution < 1.29 is 9.90 Å². The predicted octanol–water partition coefficient (Wildman–Crippen LogP) is 4.00. The topological polar surface area (TPSA) is 83.8 Å². The van der Waals surface area contributed by atoms with E-state index < -0.39 is 5.97 Å². The van der Waals surface area contributed by atoms with Gasteiger partial charge in [0.25, 0.3) is 0 Å². The van der Waals surface area contributed by atoms with E-state index in [1.165, 1.54) is 16.7 Å². The van der Waals surface area contributed by atoms with Gasteiger partial charge in [-0.1, -0.05) is 30.3 Å². The summed E-state index contributed by atoms with van der Waals surface area (Å²) < 4.78 is 1.72. The molecule has 3 heterocycles. The van der Waals surface area contributed by atoms with Crippen LogP contribution in [0.15, 0.2) is 54.2 Å². The third-order valence-electron chi connectivity index (χ3n) is 3.93. The van der Waals surface area contributed by atoms with E-state index in [0.29, 0.717) is 5.13 Å². The number of aromatic carboxylic acids is 1. The van der Waals surface area contributed by atoms with E-state index in [4.69, 9.17) is 10.2 Å². The summed E-state index contributed by atoms with van der Waals surface area (Å²) in [5.74, 6) is -1.04. The number of carboxylic acids is 1. The molecule has 0 aliphatic rings. The van der Waals surface area contributed by atoms with Gasteiger partial charge in [-0.3, -0.25) is 0 Å². The largest absolute Gasteiger partial charge is 0.476 e. The number of hydrogen-bond acceptors (Lipinski definition) is 4. The van der Waals surface area contributed by atoms with E-state index in [2.05, 4.69) is 9.97 Å². The van der Waals surface area contributed by atoms with Crippen molar-refractivity contribution in [3.05, 3.63) is 65.4 Å². The molecule has 25 heavy (non-hydrogen) atoms. The third kappa shape index (κ3) is 2.64. The van der Waals surface area contributed by atoms with Crippen LogP contribution in [0.1, 0.15) is 16.1 Å². The van der Waals surface area contributed by atoms with E-state index >= 15 is 0 Å². The molecule has 1 aromatic carbocycles. The van der Waals surface area contributed by atoms with E-state index in [-0.39, 0.29) is 5.69 Å². The van der Waals surface area contributed by atoms with Crippen molar-refractivity contribution >= 4 is 17.3 Å². The molecule has 4 rings (SSSR count). The molecule has 0 unspecified atom stereocenters. The van der Waals surface area contributed by atoms with Gasteiger partial charge in [0.1, 0.15) is 0 Å². The van der Waals surface area contributed by atoms with Crippen LogP contribution in [0.5, 0.6) is 0 Å². The van der Waals surface area contributed by atoms with Crippen molar-refractivity contribution in [3.8, 4) is 27.6 Å². The summed E-state index contributed by atoms with van der Waals surface area (Å²) in [6, 6.07) is 11.9. The number of benzene rings is 1. The summed E-state index contributed by atoms with van der Waals surface area (Å²) in [6.07, 6.45) is 3.74. The molecule has 0 bridgehead atoms. The number of H-pyrrole nitrogens is 1. The molecular weight excluding hydrogens is 336 g/mol. The zero-order chi connectivity index (χ0) is 17.4. The highest BCUT2D eigenvalue weighted by atomic mass is 32.1. The van der Waals surface area contributed by atoms with Crippen LogP contribution in [-0.2, 0) is 0 Å². The molecule has 0 aliphatic carbocycles. The second-order valence-electron chi connectivity index (χ2n) is 5.52. The number of carboxylic acid groups (broad SMARTS) is 1. The van der Waals surface area contributed by atoms with Gasteiger partial charge in [0.05, 0.1) is 11.4 Å². The number of rotatable bonds is 4. The molecule has 6 nitrogen and oxygen atoms in total. The minimum atomic E-state index is -1.04. The normalized spacial score (nSPS) is 10.9. The minimum Gasteiger partial charge on any atom is -0.476 e. The predicted molar refractivity (Wildman–Crippen MR) is 96.2 cm³/mol. The molecule has 124 valence electrons. The lowest BCUT2D eigenvalue weighted by Crippen LogP contribution is -2.01. The lowest BCUT2D eigenvalue weighted by Gasteiger charge is -2.03. The first-order valence-electron chi connectivity index (χ1n) is 7.62. The van der Waals surface area contributed by atoms with Crippen LogP contribution in [0, 0.1) is 6.92 Å². The molecule has 0 fully saturated rings. The second kappa shape index (κ2) is 6.03. The highest BCUT2D eigenvalue weighted by molar-refractivity contribution is 7.12. The number of nitrogens with one attached hydrogen (secondary N) is 1. The van der Waals surface area contributed by atoms with Crippen molar-refractivity contribution in [2.75, 3.05) is 0 Å². The van der Waals surface area contributed by atoms with Crippen LogP contribution < -0.4 is 0 Å². The first kappa shape index (κ1) is 15.3. The van der Waals surface area contributed by atoms with Gasteiger partial charge in [-0.05, 0) is 13.0 Å². The molecule has 0 atom stereocenters. The standard InChI is InChI=1S/C18H14N4O2S/c1-11-15(12-5-3-2-4-6-12)21-22(16(11)13-7-8-19-9-13)18-20-14(10-25-18)17(23)24/h2-10,19H,1H3,(H,23,24). The fourth-order valence-corrected chi connectivity index (χ4v) is 3.53. The van der Waals surface area contributed by atoms with Gasteiger partial charge in [0.15, 0.2) is 5.69 Å². The highest BCUT2D eigenvalue weighted by Crippen LogP contribution is 2.34. The van der Waals surface area contributed by atoms with Crippen LogP contribution in [0.25, 0.3) is 27.6 Å². The lowest BCUT2D eigenvalue weighted by molar-refractivity contribution is 0.0691. The minimum absolute atomic E-state index is 0.0226. The molecule has 7 heteroatoms. The molecule has 0 aliphatic heterocycles. The molecule has 0 saturated carbocycles. The van der Waals surface area contributed by atoms with Gasteiger partial charge in [-0.2, -0.15) is 5.10 Å². The monoisotopic (exact) mass is 350 g/mol. The van der Waals surface area contributed by atoms with E-state index in [0.717, 1.165) is 28.1 Å². The number of aromatic amines is 1. The Balaban J connectivity index is 1.94. The van der Waals surface area contributed by atoms with Gasteiger partial charge in [0, 0.05) is 34.5 Å². The Morgan fingerprint density at radius 2 is 2.00 bits per heavy atom. The number of carbonyl (C=O) groups is 1. The zero-order valence-electron chi connectivity index (χ0n) is 13.3. The maximum atomic E-state index is 11.2. The molecule has 0 radical (unpaired) electrons. The summed E-state index contributed by atoms with van der Waals surface area (Å²) in [4.78, 5) is 18.4. The first-order chi connectivity index (χ1) is 12.1. The second-order valence-corrected chi connectivity index (χ2v) is 6.36. The van der Waals surface area contributed by atoms with E-state index in [1.54, 1.807) is 4.68 Å². The fraction of sp³-hybridized carbons (Fsp3) is 0.0556. The lowest BCUT2D eigenvalue weighted by atomic mass is 10.0. The molecular formula is C18H14N4O2S. The van der Waals surface area contributed by atoms with Crippen molar-refractivity contribution in [1.82, 2.24) is 19.7 Å². The Kier molecular flexibility index (Phi) is 3.70. The van der Waals surface area contributed by atoms with Gasteiger partial charge in [0.2, 0.25) is 5.13 Å². The summed E-state index contributed by atoms with van der Waals surface area (Å²) in [7, 11) is 0. The highest BCUT2D eigenvalue weighted by Gasteiger charge is 2.21. The van der Waals surface area contributed by atoms with Crippen LogP contribution in [0.2, 0.25) is 0 Å². The van der Waals surface area contributed by atoms with Crippen molar-refractivity contribution in [1.29, 1.82) is 0 Å². The van der Waals surface area contributed by atoms with Crippen molar-refractivity contribution in [2.45, 2.75) is 6.92 Å². The number of nitrogens with zero attached hydrogens (tertiary/aromatic N) is 3. The van der Waals surface area contributed by atoms with Gasteiger partial charge in [-0.25, -0.2) is 14.5 Å². The average molecular weight is 350 g/mol. The summed E-state index contributed by atoms with van der Waals surface area (Å²) in [5.41, 5.74) is 4.76. The van der Waals surface area contributed by atoms with Gasteiger partial charge >= 0.3 is 5.97 Å². The van der Waals surface area contributed by atoms with Gasteiger partial charge < -0.3 is 10.1 Å². The molecule has 0 saturated heterocycles. The molecule has 2 N–H and O–H groups in total. The number of thiazole rings is 1. The Morgan fingerprint density at radius 3 is 2.64 bits per heavy atom. The van der Waals surface area contributed by atoms with Crippen molar-refractivity contribution in [2.24, 2.45) is 0 Å². The quantitative estimate of drug-likeness (QED) is 0.583. The molecule has 3 aromatic heterocycles. The smallest absolute Gasteiger partial charge is 0.355 e. The number of aromatic nitrogens is 4. The van der Waals surface area contributed by atoms with Crippen LogP contribution in [0.3, 0.4) is 0 Å². The third-order valence-corrected chi connectivity index (χ3v) is 4.75. The zero-order valence-corrected chi connectivity index (χ0v) is 14.1. The first-order valence-corrected chi connectivity index (χ1v) is 8.50. The Hall–Kier alpha value is -3.19. The summed E-state index contributed by atoms with van der Waals surface area (Å²) >= 11 is 1.26. The van der Waals surface area contributed by atoms with Crippen LogP contribution >= 0.6 is 11.3 Å². The Bertz CT molecular complexity index is 1030. The maximum absolute atomic E-state index is 11.2. The van der Waals surface area contributed by atoms with Crippen LogP contribution in [-0.4, -0.2) is 30.8 Å². The van der Waals surface area contributed by atoms with Crippen LogP contribution in [0.4, 0.5) is 0 Å². The number of hydrogen-bond donors (Lipinski definition) is 2. The SMILES string of the molecule is Cc1c(-c2ccccc2)nn(-c2nc(C(=O)O)cs2)c1-c1cc[nH]c1. The average Bonchev–Trinajstić information content (AvgIpc) is 3.34. The molecule has 0 spiro atoms. The molecule has 4 aromatic rings. The van der Waals surface area contributed by atoms with E-state index in [1.807, 2.05) is 55.7 Å². The Labute approximate surface area is 147 Å². The molecule has 0 amide bonds. The maximum Gasteiger partial charge on any atom is 0.355 e. The summed E-state index contributed by atoms with van der Waals surface area (Å²) in [6.45, 7) is 2.01. The van der Waals surface area contributed by atoms with Crippen molar-refractivity contribution in [3.63, 3.8) is 0 Å². The van der Waals surface area contributed by atoms with E-state index in [9.17, 15) is 4.79 Å². The Morgan fingerprint density at radius 1 is 1.20 bits per heavy atom.